The van der Waals surface area contributed by atoms with Crippen molar-refractivity contribution in [1.29, 1.82) is 0 Å². The van der Waals surface area contributed by atoms with Gasteiger partial charge in [0.15, 0.2) is 0 Å². The molecule has 0 aliphatic heterocycles. The number of rotatable bonds is 4. The Morgan fingerprint density at radius 2 is 1.48 bits per heavy atom. The topological polar surface area (TPSA) is 37.8 Å². The molecule has 0 radical (unpaired) electrons. The first-order valence-electron chi connectivity index (χ1n) is 8.75. The van der Waals surface area contributed by atoms with Gasteiger partial charge in [-0.2, -0.15) is 0 Å². The SMILES string of the molecule is Clc1ccc(-c2sc3ncnc(NC4CC4)c3c2-c2ccc(Cl)cc2)cc1. The number of benzene rings is 2. The maximum atomic E-state index is 6.12. The number of anilines is 1. The lowest BCUT2D eigenvalue weighted by atomic mass is 10.00. The van der Waals surface area contributed by atoms with Gasteiger partial charge < -0.3 is 5.32 Å². The van der Waals surface area contributed by atoms with Crippen molar-refractivity contribution < 1.29 is 0 Å². The first kappa shape index (κ1) is 17.0. The fourth-order valence-electron chi connectivity index (χ4n) is 3.16. The summed E-state index contributed by atoms with van der Waals surface area (Å²) in [4.78, 5) is 11.2. The Balaban J connectivity index is 1.79. The predicted molar refractivity (Wildman–Crippen MR) is 115 cm³/mol. The van der Waals surface area contributed by atoms with Crippen LogP contribution in [0.4, 0.5) is 5.82 Å². The second-order valence-corrected chi connectivity index (χ2v) is 8.51. The molecular weight excluding hydrogens is 397 g/mol. The Kier molecular flexibility index (Phi) is 4.27. The van der Waals surface area contributed by atoms with E-state index in [1.807, 2.05) is 36.4 Å². The van der Waals surface area contributed by atoms with E-state index in [2.05, 4.69) is 27.4 Å². The molecule has 0 amide bonds. The van der Waals surface area contributed by atoms with Crippen LogP contribution in [0.3, 0.4) is 0 Å². The molecule has 1 aliphatic carbocycles. The van der Waals surface area contributed by atoms with Crippen molar-refractivity contribution in [3.05, 3.63) is 64.9 Å². The lowest BCUT2D eigenvalue weighted by Gasteiger charge is -2.09. The predicted octanol–water partition coefficient (Wildman–Crippen LogP) is 6.91. The summed E-state index contributed by atoms with van der Waals surface area (Å²) in [5, 5.41) is 6.08. The standard InChI is InChI=1S/C21H15Cl2N3S/c22-14-5-1-12(2-6-14)17-18-20(26-16-9-10-16)24-11-25-21(18)27-19(17)13-3-7-15(23)8-4-13/h1-8,11,16H,9-10H2,(H,24,25,26). The molecule has 134 valence electrons. The molecule has 2 heterocycles. The minimum Gasteiger partial charge on any atom is -0.367 e. The highest BCUT2D eigenvalue weighted by atomic mass is 35.5. The highest BCUT2D eigenvalue weighted by Crippen LogP contribution is 2.47. The zero-order valence-electron chi connectivity index (χ0n) is 14.2. The molecule has 6 heteroatoms. The molecule has 2 aromatic carbocycles. The average molecular weight is 412 g/mol. The summed E-state index contributed by atoms with van der Waals surface area (Å²) in [7, 11) is 0. The fourth-order valence-corrected chi connectivity index (χ4v) is 4.58. The Morgan fingerprint density at radius 3 is 2.11 bits per heavy atom. The minimum atomic E-state index is 0.514. The van der Waals surface area contributed by atoms with E-state index in [4.69, 9.17) is 23.2 Å². The summed E-state index contributed by atoms with van der Waals surface area (Å²) in [6.45, 7) is 0. The van der Waals surface area contributed by atoms with Gasteiger partial charge in [0, 0.05) is 26.5 Å². The van der Waals surface area contributed by atoms with Crippen LogP contribution < -0.4 is 5.32 Å². The number of aromatic nitrogens is 2. The number of thiophene rings is 1. The van der Waals surface area contributed by atoms with Gasteiger partial charge in [-0.05, 0) is 48.2 Å². The Morgan fingerprint density at radius 1 is 0.852 bits per heavy atom. The van der Waals surface area contributed by atoms with Gasteiger partial charge >= 0.3 is 0 Å². The van der Waals surface area contributed by atoms with Crippen molar-refractivity contribution in [2.24, 2.45) is 0 Å². The Bertz CT molecular complexity index is 1120. The molecule has 1 aliphatic rings. The first-order chi connectivity index (χ1) is 13.2. The third-order valence-electron chi connectivity index (χ3n) is 4.65. The normalized spacial score (nSPS) is 13.9. The molecular formula is C21H15Cl2N3S. The lowest BCUT2D eigenvalue weighted by Crippen LogP contribution is -2.03. The number of hydrogen-bond acceptors (Lipinski definition) is 4. The number of hydrogen-bond donors (Lipinski definition) is 1. The third kappa shape index (κ3) is 3.29. The molecule has 3 nitrogen and oxygen atoms in total. The van der Waals surface area contributed by atoms with Crippen LogP contribution in [-0.4, -0.2) is 16.0 Å². The van der Waals surface area contributed by atoms with Gasteiger partial charge in [0.05, 0.1) is 5.39 Å². The van der Waals surface area contributed by atoms with Gasteiger partial charge in [-0.25, -0.2) is 9.97 Å². The molecule has 5 rings (SSSR count). The van der Waals surface area contributed by atoms with Crippen molar-refractivity contribution in [2.45, 2.75) is 18.9 Å². The highest BCUT2D eigenvalue weighted by molar-refractivity contribution is 7.22. The molecule has 1 N–H and O–H groups in total. The summed E-state index contributed by atoms with van der Waals surface area (Å²) >= 11 is 13.9. The monoisotopic (exact) mass is 411 g/mol. The summed E-state index contributed by atoms with van der Waals surface area (Å²) in [6, 6.07) is 16.4. The number of fused-ring (bicyclic) bond motifs is 1. The van der Waals surface area contributed by atoms with E-state index < -0.39 is 0 Å². The van der Waals surface area contributed by atoms with Crippen LogP contribution in [0.2, 0.25) is 10.0 Å². The van der Waals surface area contributed by atoms with Crippen LogP contribution in [-0.2, 0) is 0 Å². The maximum Gasteiger partial charge on any atom is 0.139 e. The Hall–Kier alpha value is -2.14. The van der Waals surface area contributed by atoms with Crippen LogP contribution in [0.25, 0.3) is 31.8 Å². The zero-order valence-corrected chi connectivity index (χ0v) is 16.6. The lowest BCUT2D eigenvalue weighted by molar-refractivity contribution is 1.11. The van der Waals surface area contributed by atoms with Crippen molar-refractivity contribution in [3.63, 3.8) is 0 Å². The van der Waals surface area contributed by atoms with Crippen molar-refractivity contribution in [3.8, 4) is 21.6 Å². The van der Waals surface area contributed by atoms with Crippen LogP contribution in [0.5, 0.6) is 0 Å². The van der Waals surface area contributed by atoms with Gasteiger partial charge in [0.1, 0.15) is 17.0 Å². The summed E-state index contributed by atoms with van der Waals surface area (Å²) in [5.74, 6) is 0.906. The van der Waals surface area contributed by atoms with E-state index >= 15 is 0 Å². The van der Waals surface area contributed by atoms with Gasteiger partial charge in [-0.1, -0.05) is 47.5 Å². The molecule has 4 aromatic rings. The van der Waals surface area contributed by atoms with Crippen LogP contribution in [0.15, 0.2) is 54.9 Å². The van der Waals surface area contributed by atoms with Gasteiger partial charge in [-0.3, -0.25) is 0 Å². The minimum absolute atomic E-state index is 0.514. The molecule has 0 saturated heterocycles. The molecule has 0 spiro atoms. The third-order valence-corrected chi connectivity index (χ3v) is 6.30. The number of nitrogens with one attached hydrogen (secondary N) is 1. The van der Waals surface area contributed by atoms with Crippen molar-refractivity contribution >= 4 is 50.6 Å². The van der Waals surface area contributed by atoms with Crippen LogP contribution >= 0.6 is 34.5 Å². The van der Waals surface area contributed by atoms with Gasteiger partial charge in [0.25, 0.3) is 0 Å². The maximum absolute atomic E-state index is 6.12. The van der Waals surface area contributed by atoms with Gasteiger partial charge in [0.2, 0.25) is 0 Å². The summed E-state index contributed by atoms with van der Waals surface area (Å²) < 4.78 is 0. The van der Waals surface area contributed by atoms with E-state index in [9.17, 15) is 0 Å². The average Bonchev–Trinajstić information content (AvgIpc) is 3.40. The van der Waals surface area contributed by atoms with Crippen LogP contribution in [0.1, 0.15) is 12.8 Å². The molecule has 1 fully saturated rings. The molecule has 2 aromatic heterocycles. The summed E-state index contributed by atoms with van der Waals surface area (Å²) in [6.07, 6.45) is 4.02. The molecule has 1 saturated carbocycles. The number of halogens is 2. The molecule has 0 bridgehead atoms. The number of nitrogens with zero attached hydrogens (tertiary/aromatic N) is 2. The highest BCUT2D eigenvalue weighted by Gasteiger charge is 2.25. The smallest absolute Gasteiger partial charge is 0.139 e. The van der Waals surface area contributed by atoms with E-state index in [0.29, 0.717) is 6.04 Å². The van der Waals surface area contributed by atoms with E-state index in [1.165, 1.54) is 12.8 Å². The molecule has 0 unspecified atom stereocenters. The molecule has 0 atom stereocenters. The second kappa shape index (κ2) is 6.79. The first-order valence-corrected chi connectivity index (χ1v) is 10.3. The van der Waals surface area contributed by atoms with Crippen LogP contribution in [0, 0.1) is 0 Å². The van der Waals surface area contributed by atoms with E-state index in [1.54, 1.807) is 17.7 Å². The van der Waals surface area contributed by atoms with E-state index in [0.717, 1.165) is 47.6 Å². The van der Waals surface area contributed by atoms with Gasteiger partial charge in [-0.15, -0.1) is 11.3 Å². The van der Waals surface area contributed by atoms with Crippen molar-refractivity contribution in [1.82, 2.24) is 9.97 Å². The zero-order chi connectivity index (χ0) is 18.4. The fraction of sp³-hybridized carbons (Fsp3) is 0.143. The largest absolute Gasteiger partial charge is 0.367 e. The second-order valence-electron chi connectivity index (χ2n) is 6.64. The summed E-state index contributed by atoms with van der Waals surface area (Å²) in [5.41, 5.74) is 3.35. The van der Waals surface area contributed by atoms with E-state index in [-0.39, 0.29) is 0 Å². The van der Waals surface area contributed by atoms with Crippen molar-refractivity contribution in [2.75, 3.05) is 5.32 Å². The Labute approximate surface area is 171 Å². The quantitative estimate of drug-likeness (QED) is 0.396. The molecule has 27 heavy (non-hydrogen) atoms.